The summed E-state index contributed by atoms with van der Waals surface area (Å²) in [6, 6.07) is 3.80. The standard InChI is InChI=1S/C13H23N3O2S2/c1-10-3-4-13(19-10)11(2)15-20(17,18)16-7-5-12(9-14)6-8-16/h3-4,11-12,15H,5-9,14H2,1-2H3. The highest BCUT2D eigenvalue weighted by Gasteiger charge is 2.28. The van der Waals surface area contributed by atoms with Crippen LogP contribution in [-0.2, 0) is 10.2 Å². The molecule has 0 radical (unpaired) electrons. The van der Waals surface area contributed by atoms with E-state index in [9.17, 15) is 8.42 Å². The van der Waals surface area contributed by atoms with E-state index >= 15 is 0 Å². The van der Waals surface area contributed by atoms with Gasteiger partial charge in [-0.15, -0.1) is 11.3 Å². The maximum absolute atomic E-state index is 12.4. The maximum Gasteiger partial charge on any atom is 0.280 e. The minimum absolute atomic E-state index is 0.189. The first-order chi connectivity index (χ1) is 9.42. The number of piperidine rings is 1. The molecule has 0 saturated carbocycles. The van der Waals surface area contributed by atoms with Gasteiger partial charge in [0.2, 0.25) is 0 Å². The first-order valence-corrected chi connectivity index (χ1v) is 9.22. The fourth-order valence-electron chi connectivity index (χ4n) is 2.43. The fourth-order valence-corrected chi connectivity index (χ4v) is 4.80. The lowest BCUT2D eigenvalue weighted by atomic mass is 9.99. The van der Waals surface area contributed by atoms with Gasteiger partial charge in [0.15, 0.2) is 0 Å². The van der Waals surface area contributed by atoms with Crippen LogP contribution in [-0.4, -0.2) is 32.4 Å². The van der Waals surface area contributed by atoms with Gasteiger partial charge in [0.1, 0.15) is 0 Å². The molecule has 0 aromatic carbocycles. The number of hydrogen-bond acceptors (Lipinski definition) is 4. The van der Waals surface area contributed by atoms with Crippen LogP contribution in [0.25, 0.3) is 0 Å². The average molecular weight is 317 g/mol. The summed E-state index contributed by atoms with van der Waals surface area (Å²) in [5.74, 6) is 0.457. The molecule has 1 unspecified atom stereocenters. The number of hydrogen-bond donors (Lipinski definition) is 2. The molecule has 1 aliphatic heterocycles. The summed E-state index contributed by atoms with van der Waals surface area (Å²) in [7, 11) is -3.40. The molecule has 0 bridgehead atoms. The molecule has 114 valence electrons. The van der Waals surface area contributed by atoms with Crippen LogP contribution >= 0.6 is 11.3 Å². The van der Waals surface area contributed by atoms with Crippen molar-refractivity contribution < 1.29 is 8.42 Å². The second kappa shape index (κ2) is 6.53. The minimum Gasteiger partial charge on any atom is -0.330 e. The SMILES string of the molecule is Cc1ccc(C(C)NS(=O)(=O)N2CCC(CN)CC2)s1. The quantitative estimate of drug-likeness (QED) is 0.866. The normalized spacial score (nSPS) is 20.1. The zero-order valence-electron chi connectivity index (χ0n) is 12.0. The fraction of sp³-hybridized carbons (Fsp3) is 0.692. The van der Waals surface area contributed by atoms with Gasteiger partial charge in [-0.3, -0.25) is 0 Å². The number of nitrogens with two attached hydrogens (primary N) is 1. The molecule has 1 fully saturated rings. The molecule has 1 aliphatic rings. The van der Waals surface area contributed by atoms with E-state index in [0.29, 0.717) is 25.6 Å². The molecular formula is C13H23N3O2S2. The van der Waals surface area contributed by atoms with Gasteiger partial charge in [0, 0.05) is 22.8 Å². The van der Waals surface area contributed by atoms with Crippen molar-refractivity contribution in [2.45, 2.75) is 32.7 Å². The lowest BCUT2D eigenvalue weighted by molar-refractivity contribution is 0.275. The molecule has 1 aromatic rings. The Bertz CT molecular complexity index is 534. The van der Waals surface area contributed by atoms with E-state index in [1.165, 1.54) is 9.18 Å². The molecule has 1 aromatic heterocycles. The Labute approximate surface area is 125 Å². The number of nitrogens with one attached hydrogen (secondary N) is 1. The zero-order valence-corrected chi connectivity index (χ0v) is 13.6. The van der Waals surface area contributed by atoms with Crippen molar-refractivity contribution >= 4 is 21.5 Å². The molecular weight excluding hydrogens is 294 g/mol. The summed E-state index contributed by atoms with van der Waals surface area (Å²) >= 11 is 1.63. The Morgan fingerprint density at radius 3 is 2.60 bits per heavy atom. The summed E-state index contributed by atoms with van der Waals surface area (Å²) in [6.45, 7) is 5.68. The summed E-state index contributed by atoms with van der Waals surface area (Å²) < 4.78 is 29.0. The molecule has 1 saturated heterocycles. The van der Waals surface area contributed by atoms with E-state index in [2.05, 4.69) is 4.72 Å². The Morgan fingerprint density at radius 2 is 2.10 bits per heavy atom. The van der Waals surface area contributed by atoms with E-state index < -0.39 is 10.2 Å². The Kier molecular flexibility index (Phi) is 5.19. The van der Waals surface area contributed by atoms with Gasteiger partial charge < -0.3 is 5.73 Å². The second-order valence-electron chi connectivity index (χ2n) is 5.37. The zero-order chi connectivity index (χ0) is 14.8. The molecule has 7 heteroatoms. The van der Waals surface area contributed by atoms with Crippen LogP contribution in [0.1, 0.15) is 35.6 Å². The Balaban J connectivity index is 1.97. The van der Waals surface area contributed by atoms with E-state index in [4.69, 9.17) is 5.73 Å². The minimum atomic E-state index is -3.40. The van der Waals surface area contributed by atoms with Gasteiger partial charge in [-0.05, 0) is 51.3 Å². The van der Waals surface area contributed by atoms with Gasteiger partial charge in [0.25, 0.3) is 10.2 Å². The monoisotopic (exact) mass is 317 g/mol. The molecule has 2 rings (SSSR count). The molecule has 1 atom stereocenters. The smallest absolute Gasteiger partial charge is 0.280 e. The van der Waals surface area contributed by atoms with Gasteiger partial charge in [0.05, 0.1) is 6.04 Å². The summed E-state index contributed by atoms with van der Waals surface area (Å²) in [5.41, 5.74) is 5.63. The van der Waals surface area contributed by atoms with Crippen molar-refractivity contribution in [3.63, 3.8) is 0 Å². The third kappa shape index (κ3) is 3.79. The van der Waals surface area contributed by atoms with Crippen LogP contribution in [0.15, 0.2) is 12.1 Å². The van der Waals surface area contributed by atoms with Crippen LogP contribution in [0.5, 0.6) is 0 Å². The van der Waals surface area contributed by atoms with Crippen LogP contribution in [0.2, 0.25) is 0 Å². The number of thiophene rings is 1. The lowest BCUT2D eigenvalue weighted by Gasteiger charge is -2.31. The predicted octanol–water partition coefficient (Wildman–Crippen LogP) is 1.62. The largest absolute Gasteiger partial charge is 0.330 e. The molecule has 3 N–H and O–H groups in total. The topological polar surface area (TPSA) is 75.4 Å². The molecule has 0 spiro atoms. The van der Waals surface area contributed by atoms with E-state index in [1.54, 1.807) is 11.3 Å². The van der Waals surface area contributed by atoms with Crippen molar-refractivity contribution in [3.05, 3.63) is 21.9 Å². The first kappa shape index (κ1) is 15.9. The van der Waals surface area contributed by atoms with Crippen LogP contribution in [0.4, 0.5) is 0 Å². The summed E-state index contributed by atoms with van der Waals surface area (Å²) in [5, 5.41) is 0. The average Bonchev–Trinajstić information content (AvgIpc) is 2.85. The summed E-state index contributed by atoms with van der Waals surface area (Å²) in [6.07, 6.45) is 1.70. The van der Waals surface area contributed by atoms with Crippen LogP contribution < -0.4 is 10.5 Å². The lowest BCUT2D eigenvalue weighted by Crippen LogP contribution is -2.46. The van der Waals surface area contributed by atoms with Gasteiger partial charge in [-0.2, -0.15) is 17.4 Å². The molecule has 0 aliphatic carbocycles. The third-order valence-electron chi connectivity index (χ3n) is 3.76. The summed E-state index contributed by atoms with van der Waals surface area (Å²) in [4.78, 5) is 2.23. The maximum atomic E-state index is 12.4. The van der Waals surface area contributed by atoms with E-state index in [-0.39, 0.29) is 6.04 Å². The Hall–Kier alpha value is -0.470. The van der Waals surface area contributed by atoms with Gasteiger partial charge in [-0.25, -0.2) is 0 Å². The van der Waals surface area contributed by atoms with Crippen LogP contribution in [0.3, 0.4) is 0 Å². The van der Waals surface area contributed by atoms with Gasteiger partial charge in [-0.1, -0.05) is 0 Å². The van der Waals surface area contributed by atoms with Gasteiger partial charge >= 0.3 is 0 Å². The highest BCUT2D eigenvalue weighted by Crippen LogP contribution is 2.24. The van der Waals surface area contributed by atoms with Crippen molar-refractivity contribution in [3.8, 4) is 0 Å². The molecule has 2 heterocycles. The van der Waals surface area contributed by atoms with Crippen molar-refractivity contribution in [1.82, 2.24) is 9.03 Å². The number of aryl methyl sites for hydroxylation is 1. The number of rotatable bonds is 5. The molecule has 5 nitrogen and oxygen atoms in total. The second-order valence-corrected chi connectivity index (χ2v) is 8.39. The first-order valence-electron chi connectivity index (χ1n) is 6.96. The Morgan fingerprint density at radius 1 is 1.45 bits per heavy atom. The van der Waals surface area contributed by atoms with Crippen molar-refractivity contribution in [2.24, 2.45) is 11.7 Å². The highest BCUT2D eigenvalue weighted by molar-refractivity contribution is 7.87. The van der Waals surface area contributed by atoms with Crippen molar-refractivity contribution in [1.29, 1.82) is 0 Å². The predicted molar refractivity (Wildman–Crippen MR) is 82.9 cm³/mol. The molecule has 0 amide bonds. The highest BCUT2D eigenvalue weighted by atomic mass is 32.2. The number of nitrogens with zero attached hydrogens (tertiary/aromatic N) is 1. The molecule has 20 heavy (non-hydrogen) atoms. The van der Waals surface area contributed by atoms with E-state index in [1.807, 2.05) is 26.0 Å². The third-order valence-corrected chi connectivity index (χ3v) is 6.64. The van der Waals surface area contributed by atoms with Crippen LogP contribution in [0, 0.1) is 12.8 Å². The van der Waals surface area contributed by atoms with E-state index in [0.717, 1.165) is 17.7 Å². The van der Waals surface area contributed by atoms with Crippen molar-refractivity contribution in [2.75, 3.05) is 19.6 Å².